The lowest BCUT2D eigenvalue weighted by Gasteiger charge is -2.33. The van der Waals surface area contributed by atoms with Gasteiger partial charge >= 0.3 is 0 Å². The smallest absolute Gasteiger partial charge is 0.265 e. The van der Waals surface area contributed by atoms with Crippen LogP contribution in [0.2, 0.25) is 0 Å². The Hall–Kier alpha value is -3.24. The van der Waals surface area contributed by atoms with Crippen LogP contribution in [-0.2, 0) is 6.54 Å². The molecule has 4 rings (SSSR count). The number of hydrogen-bond acceptors (Lipinski definition) is 8. The Bertz CT molecular complexity index is 1120. The maximum Gasteiger partial charge on any atom is 0.265 e. The molecule has 0 atom stereocenters. The van der Waals surface area contributed by atoms with E-state index < -0.39 is 5.56 Å². The van der Waals surface area contributed by atoms with Gasteiger partial charge in [0.15, 0.2) is 12.1 Å². The number of amides is 1. The molecule has 10 heteroatoms. The number of likely N-dealkylation sites (tertiary alicyclic amines) is 1. The minimum absolute atomic E-state index is 0.0473. The zero-order valence-corrected chi connectivity index (χ0v) is 20.1. The summed E-state index contributed by atoms with van der Waals surface area (Å²) in [5.41, 5.74) is 13.2. The third-order valence-corrected chi connectivity index (χ3v) is 7.00. The second-order valence-electron chi connectivity index (χ2n) is 9.63. The van der Waals surface area contributed by atoms with Gasteiger partial charge in [-0.25, -0.2) is 0 Å². The van der Waals surface area contributed by atoms with E-state index in [-0.39, 0.29) is 35.3 Å². The monoisotopic (exact) mass is 481 g/mol. The van der Waals surface area contributed by atoms with Crippen molar-refractivity contribution < 1.29 is 9.59 Å². The molecule has 2 heterocycles. The Balaban J connectivity index is 1.59. The van der Waals surface area contributed by atoms with Gasteiger partial charge in [0.25, 0.3) is 11.5 Å². The first-order valence-corrected chi connectivity index (χ1v) is 12.4. The lowest BCUT2D eigenvalue weighted by molar-refractivity contribution is 0.0724. The summed E-state index contributed by atoms with van der Waals surface area (Å²) >= 11 is 0. The summed E-state index contributed by atoms with van der Waals surface area (Å²) in [7, 11) is 0. The van der Waals surface area contributed by atoms with Gasteiger partial charge in [-0.15, -0.1) is 0 Å². The standard InChI is InChI=1S/C25H35N7O3/c26-14-18-8-7-17(23(35)32-11-5-2-6-12-32)13-20(18)29-21-19(15-33)22(34)31-24(30-21)28-16-25(27)9-3-1-4-10-25/h7-8,13,15H,1-6,9-12,14,16,26-27H2,(H3,28,29,30,31,34). The van der Waals surface area contributed by atoms with Gasteiger partial charge in [0.05, 0.1) is 0 Å². The molecule has 1 aliphatic heterocycles. The molecule has 2 fully saturated rings. The van der Waals surface area contributed by atoms with E-state index in [4.69, 9.17) is 11.5 Å². The van der Waals surface area contributed by atoms with E-state index in [9.17, 15) is 14.4 Å². The number of nitrogens with zero attached hydrogens (tertiary/aromatic N) is 2. The van der Waals surface area contributed by atoms with Crippen LogP contribution in [0.1, 0.15) is 77.6 Å². The Labute approximate surface area is 204 Å². The molecule has 0 unspecified atom stereocenters. The van der Waals surface area contributed by atoms with Crippen LogP contribution in [0, 0.1) is 0 Å². The molecule has 1 aromatic heterocycles. The topological polar surface area (TPSA) is 159 Å². The largest absolute Gasteiger partial charge is 0.354 e. The quantitative estimate of drug-likeness (QED) is 0.360. The first kappa shape index (κ1) is 24.9. The Morgan fingerprint density at radius 3 is 2.54 bits per heavy atom. The summed E-state index contributed by atoms with van der Waals surface area (Å²) in [6.07, 6.45) is 8.73. The molecule has 2 aliphatic rings. The van der Waals surface area contributed by atoms with Crippen molar-refractivity contribution in [2.75, 3.05) is 30.3 Å². The minimum atomic E-state index is -0.565. The lowest BCUT2D eigenvalue weighted by Crippen LogP contribution is -2.48. The maximum absolute atomic E-state index is 13.0. The SMILES string of the molecule is NCc1ccc(C(=O)N2CCCCC2)cc1Nc1nc(NCC2(N)CCCCC2)[nH]c(=O)c1C=O. The van der Waals surface area contributed by atoms with E-state index in [1.54, 1.807) is 18.2 Å². The number of H-pyrrole nitrogens is 1. The number of hydrogen-bond donors (Lipinski definition) is 5. The Kier molecular flexibility index (Phi) is 7.82. The van der Waals surface area contributed by atoms with Crippen molar-refractivity contribution in [1.29, 1.82) is 0 Å². The third kappa shape index (κ3) is 5.88. The summed E-state index contributed by atoms with van der Waals surface area (Å²) in [5, 5.41) is 6.23. The summed E-state index contributed by atoms with van der Waals surface area (Å²) < 4.78 is 0. The fraction of sp³-hybridized carbons (Fsp3) is 0.520. The molecular formula is C25H35N7O3. The molecule has 1 saturated carbocycles. The number of piperidine rings is 1. The highest BCUT2D eigenvalue weighted by molar-refractivity contribution is 5.96. The van der Waals surface area contributed by atoms with Crippen molar-refractivity contribution in [2.24, 2.45) is 11.5 Å². The Morgan fingerprint density at radius 1 is 1.14 bits per heavy atom. The molecule has 1 saturated heterocycles. The van der Waals surface area contributed by atoms with Crippen LogP contribution >= 0.6 is 0 Å². The molecule has 0 spiro atoms. The van der Waals surface area contributed by atoms with E-state index >= 15 is 0 Å². The van der Waals surface area contributed by atoms with Crippen LogP contribution in [-0.4, -0.2) is 52.2 Å². The number of aromatic nitrogens is 2. The lowest BCUT2D eigenvalue weighted by atomic mass is 9.82. The summed E-state index contributed by atoms with van der Waals surface area (Å²) in [6.45, 7) is 2.15. The van der Waals surface area contributed by atoms with E-state index in [2.05, 4.69) is 20.6 Å². The molecule has 188 valence electrons. The van der Waals surface area contributed by atoms with Gasteiger partial charge in [-0.05, 0) is 49.8 Å². The summed E-state index contributed by atoms with van der Waals surface area (Å²) in [4.78, 5) is 46.3. The molecule has 10 nitrogen and oxygen atoms in total. The molecule has 2 aromatic rings. The number of nitrogens with one attached hydrogen (secondary N) is 3. The molecule has 1 amide bonds. The van der Waals surface area contributed by atoms with Crippen LogP contribution < -0.4 is 27.7 Å². The normalized spacial score (nSPS) is 17.6. The highest BCUT2D eigenvalue weighted by Gasteiger charge is 2.27. The average Bonchev–Trinajstić information content (AvgIpc) is 2.88. The number of benzene rings is 1. The van der Waals surface area contributed by atoms with Gasteiger partial charge < -0.3 is 27.0 Å². The van der Waals surface area contributed by atoms with Crippen molar-refractivity contribution in [2.45, 2.75) is 63.5 Å². The molecule has 0 bridgehead atoms. The average molecular weight is 482 g/mol. The number of rotatable bonds is 8. The van der Waals surface area contributed by atoms with Gasteiger partial charge in [-0.1, -0.05) is 25.3 Å². The number of carbonyl (C=O) groups is 2. The van der Waals surface area contributed by atoms with E-state index in [0.717, 1.165) is 63.6 Å². The first-order valence-electron chi connectivity index (χ1n) is 12.4. The fourth-order valence-corrected chi connectivity index (χ4v) is 4.87. The maximum atomic E-state index is 13.0. The number of anilines is 3. The van der Waals surface area contributed by atoms with Crippen molar-refractivity contribution in [1.82, 2.24) is 14.9 Å². The van der Waals surface area contributed by atoms with Gasteiger partial charge in [0, 0.05) is 43.0 Å². The molecule has 7 N–H and O–H groups in total. The predicted octanol–water partition coefficient (Wildman–Crippen LogP) is 2.48. The first-order chi connectivity index (χ1) is 16.9. The number of nitrogens with two attached hydrogens (primary N) is 2. The van der Waals surface area contributed by atoms with E-state index in [1.807, 2.05) is 4.90 Å². The highest BCUT2D eigenvalue weighted by atomic mass is 16.2. The second kappa shape index (κ2) is 11.0. The summed E-state index contributed by atoms with van der Waals surface area (Å²) in [5.74, 6) is 0.278. The van der Waals surface area contributed by atoms with Gasteiger partial charge in [-0.2, -0.15) is 4.98 Å². The van der Waals surface area contributed by atoms with E-state index in [1.165, 1.54) is 6.42 Å². The molecule has 0 radical (unpaired) electrons. The Morgan fingerprint density at radius 2 is 1.86 bits per heavy atom. The number of aldehydes is 1. The van der Waals surface area contributed by atoms with Gasteiger partial charge in [-0.3, -0.25) is 19.4 Å². The second-order valence-corrected chi connectivity index (χ2v) is 9.63. The fourth-order valence-electron chi connectivity index (χ4n) is 4.87. The third-order valence-electron chi connectivity index (χ3n) is 7.00. The van der Waals surface area contributed by atoms with Crippen molar-refractivity contribution in [3.63, 3.8) is 0 Å². The highest BCUT2D eigenvalue weighted by Crippen LogP contribution is 2.27. The number of aromatic amines is 1. The molecule has 35 heavy (non-hydrogen) atoms. The van der Waals surface area contributed by atoms with Crippen LogP contribution in [0.25, 0.3) is 0 Å². The molecule has 1 aromatic carbocycles. The zero-order chi connectivity index (χ0) is 24.8. The zero-order valence-electron chi connectivity index (χ0n) is 20.1. The van der Waals surface area contributed by atoms with Crippen LogP contribution in [0.3, 0.4) is 0 Å². The van der Waals surface area contributed by atoms with Crippen LogP contribution in [0.5, 0.6) is 0 Å². The predicted molar refractivity (Wildman–Crippen MR) is 136 cm³/mol. The van der Waals surface area contributed by atoms with E-state index in [0.29, 0.717) is 24.1 Å². The minimum Gasteiger partial charge on any atom is -0.354 e. The molecule has 1 aliphatic carbocycles. The van der Waals surface area contributed by atoms with Gasteiger partial charge in [0.1, 0.15) is 5.56 Å². The molecular weight excluding hydrogens is 446 g/mol. The number of carbonyl (C=O) groups excluding carboxylic acids is 2. The van der Waals surface area contributed by atoms with Gasteiger partial charge in [0.2, 0.25) is 5.95 Å². The van der Waals surface area contributed by atoms with Crippen molar-refractivity contribution >= 4 is 29.6 Å². The van der Waals surface area contributed by atoms with Crippen molar-refractivity contribution in [3.05, 3.63) is 45.2 Å². The van der Waals surface area contributed by atoms with Crippen LogP contribution in [0.15, 0.2) is 23.0 Å². The summed E-state index contributed by atoms with van der Waals surface area (Å²) in [6, 6.07) is 5.25. The van der Waals surface area contributed by atoms with Crippen molar-refractivity contribution in [3.8, 4) is 0 Å². The van der Waals surface area contributed by atoms with Crippen LogP contribution in [0.4, 0.5) is 17.5 Å².